The number of anilines is 1. The molecule has 1 rings (SSSR count). The molecule has 0 aliphatic rings. The molecule has 0 aliphatic heterocycles. The zero-order valence-corrected chi connectivity index (χ0v) is 12.6. The summed E-state index contributed by atoms with van der Waals surface area (Å²) in [5.41, 5.74) is 0.659. The van der Waals surface area contributed by atoms with Crippen molar-refractivity contribution in [2.24, 2.45) is 0 Å². The van der Waals surface area contributed by atoms with Gasteiger partial charge in [0.1, 0.15) is 11.0 Å². The zero-order valence-electron chi connectivity index (χ0n) is 11.8. The van der Waals surface area contributed by atoms with Crippen LogP contribution < -0.4 is 10.1 Å². The number of ether oxygens (including phenoxy) is 1. The number of benzene rings is 1. The van der Waals surface area contributed by atoms with Crippen molar-refractivity contribution in [1.82, 2.24) is 0 Å². The molecule has 110 valence electrons. The Morgan fingerprint density at radius 3 is 2.40 bits per heavy atom. The Balaban J connectivity index is 2.58. The van der Waals surface area contributed by atoms with Crippen molar-refractivity contribution < 1.29 is 19.4 Å². The Labute approximate surface area is 122 Å². The second-order valence-corrected chi connectivity index (χ2v) is 5.78. The molecule has 2 atom stereocenters. The van der Waals surface area contributed by atoms with Crippen molar-refractivity contribution in [2.45, 2.75) is 30.8 Å². The van der Waals surface area contributed by atoms with Gasteiger partial charge >= 0.3 is 5.97 Å². The number of carboxylic acid groups (broad SMARTS) is 1. The van der Waals surface area contributed by atoms with Crippen LogP contribution in [0, 0.1) is 0 Å². The average molecular weight is 297 g/mol. The minimum absolute atomic E-state index is 0.208. The molecular formula is C14H19NO4S. The molecular weight excluding hydrogens is 278 g/mol. The number of carboxylic acids is 1. The summed E-state index contributed by atoms with van der Waals surface area (Å²) in [4.78, 5) is 22.9. The summed E-state index contributed by atoms with van der Waals surface area (Å²) in [5.74, 6) is -0.385. The van der Waals surface area contributed by atoms with Crippen LogP contribution in [0.1, 0.15) is 20.3 Å². The molecule has 2 unspecified atom stereocenters. The van der Waals surface area contributed by atoms with E-state index in [4.69, 9.17) is 9.84 Å². The first-order valence-corrected chi connectivity index (χ1v) is 7.25. The van der Waals surface area contributed by atoms with Gasteiger partial charge in [-0.1, -0.05) is 6.92 Å². The lowest BCUT2D eigenvalue weighted by Gasteiger charge is -2.16. The molecule has 5 nitrogen and oxygen atoms in total. The van der Waals surface area contributed by atoms with Crippen LogP contribution in [0.3, 0.4) is 0 Å². The lowest BCUT2D eigenvalue weighted by molar-refractivity contribution is -0.136. The maximum Gasteiger partial charge on any atom is 0.316 e. The van der Waals surface area contributed by atoms with E-state index in [0.717, 1.165) is 11.8 Å². The Morgan fingerprint density at radius 1 is 1.35 bits per heavy atom. The van der Waals surface area contributed by atoms with Crippen LogP contribution in [-0.2, 0) is 9.59 Å². The third-order valence-corrected chi connectivity index (χ3v) is 4.23. The summed E-state index contributed by atoms with van der Waals surface area (Å²) in [6.45, 7) is 3.50. The van der Waals surface area contributed by atoms with Crippen molar-refractivity contribution in [1.29, 1.82) is 0 Å². The van der Waals surface area contributed by atoms with Gasteiger partial charge in [0.2, 0.25) is 5.91 Å². The Bertz CT molecular complexity index is 461. The molecule has 20 heavy (non-hydrogen) atoms. The standard InChI is InChI=1S/C14H19NO4S/c1-4-12(14(17)18)20-9(2)13(16)15-10-5-7-11(19-3)8-6-10/h5-9,12H,4H2,1-3H3,(H,15,16)(H,17,18). The van der Waals surface area contributed by atoms with Crippen LogP contribution in [-0.4, -0.2) is 34.6 Å². The van der Waals surface area contributed by atoms with E-state index in [0.29, 0.717) is 17.9 Å². The molecule has 0 saturated heterocycles. The van der Waals surface area contributed by atoms with Gasteiger partial charge in [-0.05, 0) is 37.6 Å². The summed E-state index contributed by atoms with van der Waals surface area (Å²) in [5, 5.41) is 10.7. The van der Waals surface area contributed by atoms with Gasteiger partial charge in [-0.15, -0.1) is 11.8 Å². The topological polar surface area (TPSA) is 75.6 Å². The molecule has 0 bridgehead atoms. The summed E-state index contributed by atoms with van der Waals surface area (Å²) >= 11 is 1.15. The average Bonchev–Trinajstić information content (AvgIpc) is 2.44. The Hall–Kier alpha value is -1.69. The number of thioether (sulfide) groups is 1. The lowest BCUT2D eigenvalue weighted by atomic mass is 10.3. The van der Waals surface area contributed by atoms with Crippen molar-refractivity contribution >= 4 is 29.3 Å². The fourth-order valence-corrected chi connectivity index (χ4v) is 2.54. The zero-order chi connectivity index (χ0) is 15.1. The fourth-order valence-electron chi connectivity index (χ4n) is 1.56. The summed E-state index contributed by atoms with van der Waals surface area (Å²) in [6.07, 6.45) is 0.486. The van der Waals surface area contributed by atoms with Crippen molar-refractivity contribution in [3.63, 3.8) is 0 Å². The van der Waals surface area contributed by atoms with Crippen LogP contribution in [0.5, 0.6) is 5.75 Å². The van der Waals surface area contributed by atoms with Crippen molar-refractivity contribution in [2.75, 3.05) is 12.4 Å². The second kappa shape index (κ2) is 7.79. The normalized spacial score (nSPS) is 13.3. The second-order valence-electron chi connectivity index (χ2n) is 4.23. The molecule has 1 amide bonds. The Morgan fingerprint density at radius 2 is 1.95 bits per heavy atom. The molecule has 2 N–H and O–H groups in total. The molecule has 0 aromatic heterocycles. The first-order valence-electron chi connectivity index (χ1n) is 6.31. The van der Waals surface area contributed by atoms with Gasteiger partial charge in [-0.25, -0.2) is 0 Å². The molecule has 1 aromatic rings. The highest BCUT2D eigenvalue weighted by molar-refractivity contribution is 8.01. The fraction of sp³-hybridized carbons (Fsp3) is 0.429. The number of carbonyl (C=O) groups is 2. The number of hydrogen-bond donors (Lipinski definition) is 2. The molecule has 0 spiro atoms. The van der Waals surface area contributed by atoms with E-state index in [9.17, 15) is 9.59 Å². The van der Waals surface area contributed by atoms with Gasteiger partial charge in [0.25, 0.3) is 0 Å². The van der Waals surface area contributed by atoms with Gasteiger partial charge < -0.3 is 15.2 Å². The van der Waals surface area contributed by atoms with Gasteiger partial charge in [0, 0.05) is 5.69 Å². The third kappa shape index (κ3) is 4.77. The maximum absolute atomic E-state index is 12.0. The van der Waals surface area contributed by atoms with E-state index < -0.39 is 16.5 Å². The minimum Gasteiger partial charge on any atom is -0.497 e. The smallest absolute Gasteiger partial charge is 0.316 e. The minimum atomic E-state index is -0.887. The molecule has 0 fully saturated rings. The predicted molar refractivity (Wildman–Crippen MR) is 80.4 cm³/mol. The van der Waals surface area contributed by atoms with E-state index in [1.807, 2.05) is 0 Å². The number of methoxy groups -OCH3 is 1. The highest BCUT2D eigenvalue weighted by atomic mass is 32.2. The van der Waals surface area contributed by atoms with Crippen LogP contribution >= 0.6 is 11.8 Å². The van der Waals surface area contributed by atoms with Crippen LogP contribution in [0.15, 0.2) is 24.3 Å². The summed E-state index contributed by atoms with van der Waals surface area (Å²) in [7, 11) is 1.57. The van der Waals surface area contributed by atoms with Crippen molar-refractivity contribution in [3.05, 3.63) is 24.3 Å². The number of hydrogen-bond acceptors (Lipinski definition) is 4. The number of carbonyl (C=O) groups excluding carboxylic acids is 1. The van der Waals surface area contributed by atoms with Crippen LogP contribution in [0.25, 0.3) is 0 Å². The molecule has 1 aromatic carbocycles. The maximum atomic E-state index is 12.0. The van der Waals surface area contributed by atoms with Gasteiger partial charge in [0.15, 0.2) is 0 Å². The molecule has 0 saturated carbocycles. The highest BCUT2D eigenvalue weighted by Crippen LogP contribution is 2.22. The summed E-state index contributed by atoms with van der Waals surface area (Å²) < 4.78 is 5.03. The van der Waals surface area contributed by atoms with E-state index in [2.05, 4.69) is 5.32 Å². The molecule has 0 aliphatic carbocycles. The lowest BCUT2D eigenvalue weighted by Crippen LogP contribution is -2.27. The quantitative estimate of drug-likeness (QED) is 0.809. The monoisotopic (exact) mass is 297 g/mol. The van der Waals surface area contributed by atoms with Crippen LogP contribution in [0.2, 0.25) is 0 Å². The number of amides is 1. The largest absolute Gasteiger partial charge is 0.497 e. The van der Waals surface area contributed by atoms with Crippen LogP contribution in [0.4, 0.5) is 5.69 Å². The summed E-state index contributed by atoms with van der Waals surface area (Å²) in [6, 6.07) is 6.98. The van der Waals surface area contributed by atoms with E-state index >= 15 is 0 Å². The number of nitrogens with one attached hydrogen (secondary N) is 1. The predicted octanol–water partition coefficient (Wildman–Crippen LogP) is 2.62. The van der Waals surface area contributed by atoms with Crippen molar-refractivity contribution in [3.8, 4) is 5.75 Å². The number of rotatable bonds is 7. The van der Waals surface area contributed by atoms with E-state index in [1.165, 1.54) is 0 Å². The first-order chi connectivity index (χ1) is 9.47. The van der Waals surface area contributed by atoms with E-state index in [1.54, 1.807) is 45.2 Å². The number of aliphatic carboxylic acids is 1. The van der Waals surface area contributed by atoms with Gasteiger partial charge in [-0.3, -0.25) is 9.59 Å². The van der Waals surface area contributed by atoms with E-state index in [-0.39, 0.29) is 5.91 Å². The van der Waals surface area contributed by atoms with Gasteiger partial charge in [-0.2, -0.15) is 0 Å². The van der Waals surface area contributed by atoms with Gasteiger partial charge in [0.05, 0.1) is 12.4 Å². The third-order valence-electron chi connectivity index (χ3n) is 2.74. The molecule has 0 heterocycles. The molecule has 0 radical (unpaired) electrons. The SMILES string of the molecule is CCC(SC(C)C(=O)Nc1ccc(OC)cc1)C(=O)O. The molecule has 6 heteroatoms. The Kier molecular flexibility index (Phi) is 6.38. The highest BCUT2D eigenvalue weighted by Gasteiger charge is 2.23. The first kappa shape index (κ1) is 16.4.